The summed E-state index contributed by atoms with van der Waals surface area (Å²) in [5.41, 5.74) is 1.76. The highest BCUT2D eigenvalue weighted by Gasteiger charge is 2.16. The number of hydrogen-bond donors (Lipinski definition) is 2. The second-order valence-electron chi connectivity index (χ2n) is 4.74. The predicted octanol–water partition coefficient (Wildman–Crippen LogP) is 0.972. The number of aryl methyl sites for hydroxylation is 1. The van der Waals surface area contributed by atoms with Gasteiger partial charge < -0.3 is 19.9 Å². The average molecular weight is 275 g/mol. The molecular formula is C14H17N3O3. The molecule has 2 aromatic rings. The van der Waals surface area contributed by atoms with Gasteiger partial charge in [-0.2, -0.15) is 5.10 Å². The summed E-state index contributed by atoms with van der Waals surface area (Å²) in [5.74, 6) is 1.41. The van der Waals surface area contributed by atoms with Crippen molar-refractivity contribution in [3.05, 3.63) is 41.7 Å². The number of aliphatic hydroxyl groups excluding tert-OH is 1. The van der Waals surface area contributed by atoms with E-state index >= 15 is 0 Å². The molecule has 0 saturated carbocycles. The van der Waals surface area contributed by atoms with Gasteiger partial charge in [-0.25, -0.2) is 0 Å². The van der Waals surface area contributed by atoms with Crippen LogP contribution in [0.2, 0.25) is 0 Å². The second kappa shape index (κ2) is 5.52. The SMILES string of the molecule is Cn1ccc(CNCC(O)c2ccc3c(c2)OCO3)n1. The number of aliphatic hydroxyl groups is 1. The van der Waals surface area contributed by atoms with E-state index in [0.29, 0.717) is 18.8 Å². The quantitative estimate of drug-likeness (QED) is 0.851. The van der Waals surface area contributed by atoms with Gasteiger partial charge in [0.25, 0.3) is 0 Å². The highest BCUT2D eigenvalue weighted by molar-refractivity contribution is 5.45. The van der Waals surface area contributed by atoms with Crippen molar-refractivity contribution in [2.24, 2.45) is 7.05 Å². The molecule has 6 heteroatoms. The number of ether oxygens (including phenoxy) is 2. The standard InChI is InChI=1S/C14H17N3O3/c1-17-5-4-11(16-17)7-15-8-12(18)10-2-3-13-14(6-10)20-9-19-13/h2-6,12,15,18H,7-9H2,1H3. The van der Waals surface area contributed by atoms with Crippen LogP contribution in [0.15, 0.2) is 30.5 Å². The Hall–Kier alpha value is -2.05. The average Bonchev–Trinajstić information content (AvgIpc) is 3.06. The Kier molecular flexibility index (Phi) is 3.58. The molecule has 6 nitrogen and oxygen atoms in total. The molecule has 1 aromatic heterocycles. The van der Waals surface area contributed by atoms with Crippen LogP contribution in [0, 0.1) is 0 Å². The topological polar surface area (TPSA) is 68.5 Å². The molecule has 1 aliphatic heterocycles. The molecule has 0 spiro atoms. The van der Waals surface area contributed by atoms with Crippen molar-refractivity contribution in [2.45, 2.75) is 12.6 Å². The molecule has 1 aliphatic rings. The zero-order chi connectivity index (χ0) is 13.9. The van der Waals surface area contributed by atoms with Crippen LogP contribution >= 0.6 is 0 Å². The van der Waals surface area contributed by atoms with Gasteiger partial charge in [-0.1, -0.05) is 6.07 Å². The zero-order valence-corrected chi connectivity index (χ0v) is 11.2. The summed E-state index contributed by atoms with van der Waals surface area (Å²) in [6.07, 6.45) is 1.30. The summed E-state index contributed by atoms with van der Waals surface area (Å²) in [7, 11) is 1.88. The normalized spacial score (nSPS) is 14.5. The molecule has 0 radical (unpaired) electrons. The van der Waals surface area contributed by atoms with Crippen molar-refractivity contribution < 1.29 is 14.6 Å². The van der Waals surface area contributed by atoms with Crippen LogP contribution in [0.25, 0.3) is 0 Å². The third kappa shape index (κ3) is 2.76. The highest BCUT2D eigenvalue weighted by Crippen LogP contribution is 2.34. The van der Waals surface area contributed by atoms with E-state index in [4.69, 9.17) is 9.47 Å². The lowest BCUT2D eigenvalue weighted by Crippen LogP contribution is -2.21. The van der Waals surface area contributed by atoms with Gasteiger partial charge in [-0.15, -0.1) is 0 Å². The molecule has 1 unspecified atom stereocenters. The fourth-order valence-electron chi connectivity index (χ4n) is 2.13. The van der Waals surface area contributed by atoms with Crippen LogP contribution in [0.3, 0.4) is 0 Å². The van der Waals surface area contributed by atoms with Crippen molar-refractivity contribution in [3.8, 4) is 11.5 Å². The third-order valence-corrected chi connectivity index (χ3v) is 3.19. The predicted molar refractivity (Wildman–Crippen MR) is 72.4 cm³/mol. The molecule has 2 heterocycles. The minimum atomic E-state index is -0.590. The van der Waals surface area contributed by atoms with E-state index in [9.17, 15) is 5.11 Å². The molecule has 0 saturated heterocycles. The Morgan fingerprint density at radius 2 is 2.20 bits per heavy atom. The number of fused-ring (bicyclic) bond motifs is 1. The van der Waals surface area contributed by atoms with Gasteiger partial charge in [0.2, 0.25) is 6.79 Å². The summed E-state index contributed by atoms with van der Waals surface area (Å²) >= 11 is 0. The molecule has 3 rings (SSSR count). The van der Waals surface area contributed by atoms with Gasteiger partial charge in [0, 0.05) is 26.3 Å². The summed E-state index contributed by atoms with van der Waals surface area (Å²) in [5, 5.41) is 17.6. The number of nitrogens with zero attached hydrogens (tertiary/aromatic N) is 2. The lowest BCUT2D eigenvalue weighted by molar-refractivity contribution is 0.170. The maximum absolute atomic E-state index is 10.2. The summed E-state index contributed by atoms with van der Waals surface area (Å²) < 4.78 is 12.3. The Morgan fingerprint density at radius 3 is 3.00 bits per heavy atom. The molecule has 0 aliphatic carbocycles. The van der Waals surface area contributed by atoms with Gasteiger partial charge in [0.15, 0.2) is 11.5 Å². The van der Waals surface area contributed by atoms with Crippen molar-refractivity contribution in [2.75, 3.05) is 13.3 Å². The van der Waals surface area contributed by atoms with Crippen molar-refractivity contribution in [3.63, 3.8) is 0 Å². The minimum Gasteiger partial charge on any atom is -0.454 e. The molecule has 106 valence electrons. The Balaban J connectivity index is 1.55. The molecule has 0 bridgehead atoms. The van der Waals surface area contributed by atoms with Gasteiger partial charge in [-0.05, 0) is 23.8 Å². The van der Waals surface area contributed by atoms with Crippen molar-refractivity contribution >= 4 is 0 Å². The Labute approximate surface area is 116 Å². The molecule has 0 amide bonds. The lowest BCUT2D eigenvalue weighted by Gasteiger charge is -2.12. The van der Waals surface area contributed by atoms with Crippen LogP contribution in [0.5, 0.6) is 11.5 Å². The van der Waals surface area contributed by atoms with E-state index in [-0.39, 0.29) is 6.79 Å². The fraction of sp³-hybridized carbons (Fsp3) is 0.357. The van der Waals surface area contributed by atoms with E-state index < -0.39 is 6.10 Å². The van der Waals surface area contributed by atoms with Gasteiger partial charge in [0.05, 0.1) is 11.8 Å². The van der Waals surface area contributed by atoms with Crippen LogP contribution < -0.4 is 14.8 Å². The second-order valence-corrected chi connectivity index (χ2v) is 4.74. The third-order valence-electron chi connectivity index (χ3n) is 3.19. The maximum Gasteiger partial charge on any atom is 0.231 e. The van der Waals surface area contributed by atoms with Gasteiger partial charge >= 0.3 is 0 Å². The number of nitrogens with one attached hydrogen (secondary N) is 1. The first-order valence-corrected chi connectivity index (χ1v) is 6.49. The molecule has 20 heavy (non-hydrogen) atoms. The number of benzene rings is 1. The summed E-state index contributed by atoms with van der Waals surface area (Å²) in [6, 6.07) is 7.43. The molecular weight excluding hydrogens is 258 g/mol. The van der Waals surface area contributed by atoms with E-state index in [1.807, 2.05) is 37.5 Å². The highest BCUT2D eigenvalue weighted by atomic mass is 16.7. The van der Waals surface area contributed by atoms with Gasteiger partial charge in [-0.3, -0.25) is 4.68 Å². The Morgan fingerprint density at radius 1 is 1.35 bits per heavy atom. The molecule has 1 aromatic carbocycles. The van der Waals surface area contributed by atoms with E-state index in [2.05, 4.69) is 10.4 Å². The maximum atomic E-state index is 10.2. The molecule has 1 atom stereocenters. The first-order valence-electron chi connectivity index (χ1n) is 6.49. The van der Waals surface area contributed by atoms with E-state index in [1.165, 1.54) is 0 Å². The first-order chi connectivity index (χ1) is 9.72. The van der Waals surface area contributed by atoms with Gasteiger partial charge in [0.1, 0.15) is 0 Å². The molecule has 0 fully saturated rings. The lowest BCUT2D eigenvalue weighted by atomic mass is 10.1. The largest absolute Gasteiger partial charge is 0.454 e. The zero-order valence-electron chi connectivity index (χ0n) is 11.2. The van der Waals surface area contributed by atoms with Crippen LogP contribution in [-0.4, -0.2) is 28.2 Å². The number of aromatic nitrogens is 2. The minimum absolute atomic E-state index is 0.243. The van der Waals surface area contributed by atoms with E-state index in [0.717, 1.165) is 17.0 Å². The van der Waals surface area contributed by atoms with Crippen molar-refractivity contribution in [1.82, 2.24) is 15.1 Å². The monoisotopic (exact) mass is 275 g/mol. The summed E-state index contributed by atoms with van der Waals surface area (Å²) in [6.45, 7) is 1.32. The van der Waals surface area contributed by atoms with Crippen LogP contribution in [-0.2, 0) is 13.6 Å². The summed E-state index contributed by atoms with van der Waals surface area (Å²) in [4.78, 5) is 0. The number of hydrogen-bond acceptors (Lipinski definition) is 5. The van der Waals surface area contributed by atoms with Crippen LogP contribution in [0.1, 0.15) is 17.4 Å². The molecule has 2 N–H and O–H groups in total. The number of rotatable bonds is 5. The van der Waals surface area contributed by atoms with E-state index in [1.54, 1.807) is 4.68 Å². The first kappa shape index (κ1) is 13.0. The smallest absolute Gasteiger partial charge is 0.231 e. The Bertz CT molecular complexity index is 597. The fourth-order valence-corrected chi connectivity index (χ4v) is 2.13. The van der Waals surface area contributed by atoms with Crippen molar-refractivity contribution in [1.29, 1.82) is 0 Å². The van der Waals surface area contributed by atoms with Crippen LogP contribution in [0.4, 0.5) is 0 Å².